The number of hydrogen-bond acceptors (Lipinski definition) is 3. The van der Waals surface area contributed by atoms with Crippen molar-refractivity contribution in [2.45, 2.75) is 43.3 Å². The van der Waals surface area contributed by atoms with Gasteiger partial charge in [-0.2, -0.15) is 0 Å². The van der Waals surface area contributed by atoms with Gasteiger partial charge in [-0.15, -0.1) is 6.58 Å². The summed E-state index contributed by atoms with van der Waals surface area (Å²) in [6, 6.07) is 4.07. The standard InChI is InChI=1S/C17H20O3/c1-3-17-11-5-4-10-8-12(19-2)9-14(15(10)17)20-16(17)13(18)7-6-11/h3,8-9,11,13,16,18H,1,4-7H2,2H3. The Hall–Kier alpha value is -1.48. The molecule has 3 aliphatic rings. The third-order valence-corrected chi connectivity index (χ3v) is 5.49. The van der Waals surface area contributed by atoms with E-state index in [1.165, 1.54) is 11.1 Å². The number of benzene rings is 1. The van der Waals surface area contributed by atoms with Gasteiger partial charge in [0.2, 0.25) is 0 Å². The van der Waals surface area contributed by atoms with E-state index < -0.39 is 6.10 Å². The molecule has 3 nitrogen and oxygen atoms in total. The number of hydrogen-bond donors (Lipinski definition) is 1. The Labute approximate surface area is 119 Å². The van der Waals surface area contributed by atoms with Crippen LogP contribution in [0.1, 0.15) is 30.4 Å². The summed E-state index contributed by atoms with van der Waals surface area (Å²) >= 11 is 0. The molecular weight excluding hydrogens is 252 g/mol. The van der Waals surface area contributed by atoms with Crippen molar-refractivity contribution in [2.24, 2.45) is 5.92 Å². The molecule has 0 radical (unpaired) electrons. The maximum atomic E-state index is 10.4. The second-order valence-electron chi connectivity index (χ2n) is 6.22. The average Bonchev–Trinajstić information content (AvgIpc) is 2.83. The van der Waals surface area contributed by atoms with Crippen LogP contribution in [0, 0.1) is 5.92 Å². The maximum absolute atomic E-state index is 10.4. The monoisotopic (exact) mass is 272 g/mol. The zero-order chi connectivity index (χ0) is 13.9. The van der Waals surface area contributed by atoms with Gasteiger partial charge < -0.3 is 14.6 Å². The first-order chi connectivity index (χ1) is 9.70. The highest BCUT2D eigenvalue weighted by molar-refractivity contribution is 5.59. The molecule has 1 aromatic rings. The average molecular weight is 272 g/mol. The highest BCUT2D eigenvalue weighted by Crippen LogP contribution is 2.59. The molecule has 0 amide bonds. The van der Waals surface area contributed by atoms with Gasteiger partial charge in [-0.25, -0.2) is 0 Å². The van der Waals surface area contributed by atoms with E-state index >= 15 is 0 Å². The summed E-state index contributed by atoms with van der Waals surface area (Å²) in [5, 5.41) is 10.4. The predicted molar refractivity (Wildman–Crippen MR) is 76.3 cm³/mol. The topological polar surface area (TPSA) is 38.7 Å². The van der Waals surface area contributed by atoms with Crippen molar-refractivity contribution in [1.29, 1.82) is 0 Å². The van der Waals surface area contributed by atoms with Gasteiger partial charge in [-0.1, -0.05) is 6.08 Å². The Morgan fingerprint density at radius 2 is 2.25 bits per heavy atom. The third-order valence-electron chi connectivity index (χ3n) is 5.49. The van der Waals surface area contributed by atoms with E-state index in [1.54, 1.807) is 7.11 Å². The molecule has 20 heavy (non-hydrogen) atoms. The second-order valence-corrected chi connectivity index (χ2v) is 6.22. The van der Waals surface area contributed by atoms with Crippen molar-refractivity contribution >= 4 is 0 Å². The predicted octanol–water partition coefficient (Wildman–Crippen LogP) is 2.60. The molecule has 2 aliphatic carbocycles. The molecule has 4 unspecified atom stereocenters. The van der Waals surface area contributed by atoms with Crippen LogP contribution in [0.2, 0.25) is 0 Å². The molecule has 1 saturated carbocycles. The van der Waals surface area contributed by atoms with Crippen molar-refractivity contribution in [3.63, 3.8) is 0 Å². The first-order valence-electron chi connectivity index (χ1n) is 7.40. The van der Waals surface area contributed by atoms with Crippen molar-refractivity contribution in [1.82, 2.24) is 0 Å². The first kappa shape index (κ1) is 12.3. The van der Waals surface area contributed by atoms with Crippen LogP contribution in [0.5, 0.6) is 11.5 Å². The molecule has 0 spiro atoms. The summed E-state index contributed by atoms with van der Waals surface area (Å²) in [6.07, 6.45) is 5.52. The van der Waals surface area contributed by atoms with Gasteiger partial charge in [0.05, 0.1) is 18.6 Å². The normalized spacial score (nSPS) is 37.0. The number of methoxy groups -OCH3 is 1. The minimum atomic E-state index is -0.409. The quantitative estimate of drug-likeness (QED) is 0.841. The fourth-order valence-corrected chi connectivity index (χ4v) is 4.61. The fraction of sp³-hybridized carbons (Fsp3) is 0.529. The molecule has 4 atom stereocenters. The lowest BCUT2D eigenvalue weighted by Crippen LogP contribution is -2.54. The minimum absolute atomic E-state index is 0.181. The van der Waals surface area contributed by atoms with Gasteiger partial charge in [0.15, 0.2) is 0 Å². The fourth-order valence-electron chi connectivity index (χ4n) is 4.61. The number of aryl methyl sites for hydroxylation is 1. The van der Waals surface area contributed by atoms with Crippen molar-refractivity contribution in [2.75, 3.05) is 7.11 Å². The SMILES string of the molecule is C=CC12c3c4cc(OC)cc3OC1C(O)CCC2CC4. The number of rotatable bonds is 2. The first-order valence-corrected chi connectivity index (χ1v) is 7.40. The van der Waals surface area contributed by atoms with E-state index in [9.17, 15) is 5.11 Å². The van der Waals surface area contributed by atoms with Gasteiger partial charge in [-0.3, -0.25) is 0 Å². The van der Waals surface area contributed by atoms with E-state index in [4.69, 9.17) is 9.47 Å². The Bertz CT molecular complexity index is 580. The lowest BCUT2D eigenvalue weighted by atomic mass is 9.56. The molecule has 4 rings (SSSR count). The number of aliphatic hydroxyl groups is 1. The molecule has 1 aromatic carbocycles. The molecule has 1 N–H and O–H groups in total. The summed E-state index contributed by atoms with van der Waals surface area (Å²) in [5.74, 6) is 2.26. The summed E-state index contributed by atoms with van der Waals surface area (Å²) in [5.41, 5.74) is 2.35. The van der Waals surface area contributed by atoms with E-state index in [0.717, 1.165) is 37.2 Å². The van der Waals surface area contributed by atoms with Gasteiger partial charge in [0, 0.05) is 11.6 Å². The second kappa shape index (κ2) is 4.01. The van der Waals surface area contributed by atoms with E-state index in [-0.39, 0.29) is 11.5 Å². The molecule has 106 valence electrons. The van der Waals surface area contributed by atoms with Crippen LogP contribution in [0.3, 0.4) is 0 Å². The molecule has 1 heterocycles. The summed E-state index contributed by atoms with van der Waals surface area (Å²) in [4.78, 5) is 0. The third kappa shape index (κ3) is 1.29. The lowest BCUT2D eigenvalue weighted by Gasteiger charge is -2.47. The zero-order valence-corrected chi connectivity index (χ0v) is 11.8. The molecular formula is C17H20O3. The highest BCUT2D eigenvalue weighted by atomic mass is 16.5. The molecule has 1 aliphatic heterocycles. The van der Waals surface area contributed by atoms with Crippen LogP contribution in [-0.2, 0) is 11.8 Å². The summed E-state index contributed by atoms with van der Waals surface area (Å²) in [6.45, 7) is 4.10. The van der Waals surface area contributed by atoms with Gasteiger partial charge in [0.25, 0.3) is 0 Å². The Morgan fingerprint density at radius 3 is 3.00 bits per heavy atom. The highest BCUT2D eigenvalue weighted by Gasteiger charge is 2.59. The Morgan fingerprint density at radius 1 is 1.40 bits per heavy atom. The van der Waals surface area contributed by atoms with Crippen molar-refractivity contribution in [3.05, 3.63) is 35.9 Å². The molecule has 0 bridgehead atoms. The molecule has 3 heteroatoms. The molecule has 0 saturated heterocycles. The smallest absolute Gasteiger partial charge is 0.138 e. The lowest BCUT2D eigenvalue weighted by molar-refractivity contribution is -0.0381. The van der Waals surface area contributed by atoms with E-state index in [2.05, 4.69) is 12.6 Å². The Balaban J connectivity index is 1.98. The van der Waals surface area contributed by atoms with E-state index in [1.807, 2.05) is 12.1 Å². The van der Waals surface area contributed by atoms with Gasteiger partial charge in [-0.05, 0) is 43.2 Å². The number of aliphatic hydroxyl groups excluding tert-OH is 1. The zero-order valence-electron chi connectivity index (χ0n) is 11.8. The van der Waals surface area contributed by atoms with Crippen LogP contribution < -0.4 is 9.47 Å². The van der Waals surface area contributed by atoms with Crippen molar-refractivity contribution < 1.29 is 14.6 Å². The summed E-state index contributed by atoms with van der Waals surface area (Å²) in [7, 11) is 1.68. The largest absolute Gasteiger partial charge is 0.497 e. The van der Waals surface area contributed by atoms with Crippen LogP contribution in [-0.4, -0.2) is 24.4 Å². The maximum Gasteiger partial charge on any atom is 0.138 e. The van der Waals surface area contributed by atoms with Crippen LogP contribution >= 0.6 is 0 Å². The molecule has 0 aromatic heterocycles. The minimum Gasteiger partial charge on any atom is -0.497 e. The van der Waals surface area contributed by atoms with Crippen LogP contribution in [0.15, 0.2) is 24.8 Å². The van der Waals surface area contributed by atoms with Gasteiger partial charge >= 0.3 is 0 Å². The van der Waals surface area contributed by atoms with Crippen LogP contribution in [0.25, 0.3) is 0 Å². The summed E-state index contributed by atoms with van der Waals surface area (Å²) < 4.78 is 11.5. The van der Waals surface area contributed by atoms with Gasteiger partial charge in [0.1, 0.15) is 17.6 Å². The molecule has 1 fully saturated rings. The van der Waals surface area contributed by atoms with Crippen LogP contribution in [0.4, 0.5) is 0 Å². The van der Waals surface area contributed by atoms with E-state index in [0.29, 0.717) is 5.92 Å². The van der Waals surface area contributed by atoms with Crippen molar-refractivity contribution in [3.8, 4) is 11.5 Å². The number of ether oxygens (including phenoxy) is 2. The Kier molecular flexibility index (Phi) is 2.46.